The topological polar surface area (TPSA) is 832 Å². The molecule has 14 unspecified atom stereocenters. The second kappa shape index (κ2) is 44.0. The van der Waals surface area contributed by atoms with Crippen molar-refractivity contribution < 1.29 is 130 Å². The van der Waals surface area contributed by atoms with Gasteiger partial charge in [-0.25, -0.2) is 54.3 Å². The van der Waals surface area contributed by atoms with Crippen molar-refractivity contribution in [3.8, 4) is 0 Å². The van der Waals surface area contributed by atoms with Crippen molar-refractivity contribution in [2.24, 2.45) is 0 Å². The number of hydrogen-bond acceptors (Lipinski definition) is 57. The van der Waals surface area contributed by atoms with Crippen LogP contribution in [0.15, 0.2) is 94.9 Å². The molecule has 18 heterocycles. The van der Waals surface area contributed by atoms with E-state index in [1.54, 1.807) is 11.5 Å². The van der Waals surface area contributed by atoms with Gasteiger partial charge in [0.2, 0.25) is 11.9 Å². The molecule has 0 bridgehead atoms. The first-order valence-electron chi connectivity index (χ1n) is 44.1. The smallest absolute Gasteiger partial charge is 0.330 e. The SMILES string of the molecule is CC[C@H]1O[C@@H](n2cnc3c(N)ncnc32)CC1OP([O-])(=S)OC[C@H]1O[C@@H](n2cc(C)c(=O)[nH]c2=O)CC1OP(=O)([S-])OC[C@H]1O[C@@H](n2cc(C)c(=O)[nH]c2=O)CC1OP([O-])(=S)OC[C@H]1O[C@@H](n2cnc3c(N)ncnc32)CC1OP([O-])(=S)OC[C@H]1O[C@@H](n2cnc3c(=O)[nH]c(N)nc32)CC1OP([O-])(=S)OC[C@H]1O[C@@H](n2cc(C)c(=O)[nH]c2=O)CC1OP([O-])(=S)OC[C@H]1O[C@@H](n2cnc3c(=O)[nH]c(N)nc32)CC1OP([O-])(=S)OC. The third-order valence-corrected chi connectivity index (χ3v) is 35.5. The highest BCUT2D eigenvalue weighted by atomic mass is 32.7. The summed E-state index contributed by atoms with van der Waals surface area (Å²) in [6, 6.07) is 0. The fourth-order valence-electron chi connectivity index (χ4n) is 17.4. The van der Waals surface area contributed by atoms with Gasteiger partial charge in [-0.15, -0.1) is 0 Å². The maximum absolute atomic E-state index is 15.1. The maximum atomic E-state index is 15.1. The summed E-state index contributed by atoms with van der Waals surface area (Å²) in [4.78, 5) is 244. The first-order valence-corrected chi connectivity index (χ1v) is 62.0. The fourth-order valence-corrected chi connectivity index (χ4v) is 27.1. The zero-order valence-electron chi connectivity index (χ0n) is 76.8. The Kier molecular flexibility index (Phi) is 32.8. The summed E-state index contributed by atoms with van der Waals surface area (Å²) in [5.41, 5.74) is 17.8. The Balaban J connectivity index is 0.561. The van der Waals surface area contributed by atoms with Crippen molar-refractivity contribution in [1.29, 1.82) is 0 Å². The number of H-pyrrole nitrogens is 5. The van der Waals surface area contributed by atoms with Crippen molar-refractivity contribution in [1.82, 2.24) is 107 Å². The minimum absolute atomic E-state index is 0.0166. The van der Waals surface area contributed by atoms with E-state index in [9.17, 15) is 62.5 Å². The molecule has 7 fully saturated rings. The van der Waals surface area contributed by atoms with Gasteiger partial charge in [0, 0.05) is 87.3 Å². The molecule has 0 aliphatic carbocycles. The van der Waals surface area contributed by atoms with Gasteiger partial charge in [0.05, 0.1) is 114 Å². The van der Waals surface area contributed by atoms with Crippen LogP contribution in [0.2, 0.25) is 0 Å². The zero-order chi connectivity index (χ0) is 106. The van der Waals surface area contributed by atoms with Gasteiger partial charge < -0.3 is 161 Å². The third-order valence-electron chi connectivity index (χ3n) is 24.4. The molecule has 11 aromatic heterocycles. The van der Waals surface area contributed by atoms with Gasteiger partial charge in [-0.2, -0.15) is 9.97 Å². The Bertz CT molecular complexity index is 7810. The highest BCUT2D eigenvalue weighted by molar-refractivity contribution is 8.32. The highest BCUT2D eigenvalue weighted by Gasteiger charge is 2.50. The summed E-state index contributed by atoms with van der Waals surface area (Å²) in [6.07, 6.45) is -19.4. The number of aromatic nitrogens is 22. The lowest BCUT2D eigenvalue weighted by Gasteiger charge is -2.36. The number of nitrogens with two attached hydrogens (primary N) is 4. The van der Waals surface area contributed by atoms with Gasteiger partial charge in [-0.3, -0.25) is 85.4 Å². The van der Waals surface area contributed by atoms with Gasteiger partial charge >= 0.3 is 17.1 Å². The minimum atomic E-state index is -5.04. The van der Waals surface area contributed by atoms with E-state index < -0.39 is 280 Å². The monoisotopic (exact) mass is 2330 g/mol. The molecule has 13 N–H and O–H groups in total. The fraction of sp³-hybridized carbons (Fsp3) is 0.556. The second-order valence-electron chi connectivity index (χ2n) is 34.2. The number of anilines is 4. The molecule has 7 aliphatic heterocycles. The largest absolute Gasteiger partial charge is 0.780 e. The van der Waals surface area contributed by atoms with Crippen LogP contribution in [0.25, 0.3) is 44.7 Å². The Hall–Kier alpha value is -7.56. The summed E-state index contributed by atoms with van der Waals surface area (Å²) < 4.78 is 149. The van der Waals surface area contributed by atoms with Crippen LogP contribution in [0.4, 0.5) is 23.5 Å². The van der Waals surface area contributed by atoms with Crippen molar-refractivity contribution in [3.05, 3.63) is 156 Å². The van der Waals surface area contributed by atoms with Gasteiger partial charge in [-0.05, 0) is 27.2 Å². The number of aryl methyl sites for hydroxylation is 3. The minimum Gasteiger partial charge on any atom is -0.780 e. The molecule has 0 spiro atoms. The van der Waals surface area contributed by atoms with E-state index in [1.165, 1.54) is 66.0 Å². The van der Waals surface area contributed by atoms with Crippen molar-refractivity contribution in [2.75, 3.05) is 69.7 Å². The summed E-state index contributed by atoms with van der Waals surface area (Å²) in [6.45, 7) is -33.0. The van der Waals surface area contributed by atoms with Crippen LogP contribution in [-0.2, 0) is 184 Å². The zero-order valence-corrected chi connectivity index (χ0v) is 88.8. The summed E-state index contributed by atoms with van der Waals surface area (Å²) in [7, 11) is 1.03. The molecule has 62 nitrogen and oxygen atoms in total. The van der Waals surface area contributed by atoms with E-state index in [0.717, 1.165) is 45.9 Å². The molecule has 804 valence electrons. The van der Waals surface area contributed by atoms with Gasteiger partial charge in [-0.1, -0.05) is 77.8 Å². The number of nitrogen functional groups attached to an aromatic ring is 4. The Labute approximate surface area is 864 Å². The Morgan fingerprint density at radius 3 is 0.892 bits per heavy atom. The van der Waals surface area contributed by atoms with Gasteiger partial charge in [0.1, 0.15) is 144 Å². The maximum Gasteiger partial charge on any atom is 0.330 e. The predicted molar refractivity (Wildman–Crippen MR) is 520 cm³/mol. The molecule has 28 atom stereocenters. The molecule has 0 saturated carbocycles. The summed E-state index contributed by atoms with van der Waals surface area (Å²) in [5, 5.41) is 0. The van der Waals surface area contributed by atoms with Crippen LogP contribution in [0.1, 0.15) is 119 Å². The molecule has 148 heavy (non-hydrogen) atoms. The first-order chi connectivity index (χ1) is 69.9. The quantitative estimate of drug-likeness (QED) is 0.0135. The van der Waals surface area contributed by atoms with Crippen LogP contribution in [0.5, 0.6) is 0 Å². The molecular weight excluding hydrogens is 2250 g/mol. The first kappa shape index (κ1) is 110. The lowest BCUT2D eigenvalue weighted by Crippen LogP contribution is -2.34. The lowest BCUT2D eigenvalue weighted by atomic mass is 10.1. The summed E-state index contributed by atoms with van der Waals surface area (Å²) >= 11 is 38.1. The van der Waals surface area contributed by atoms with Crippen LogP contribution in [-0.4, -0.2) is 239 Å². The molecule has 18 rings (SSSR count). The third kappa shape index (κ3) is 24.8. The van der Waals surface area contributed by atoms with Crippen molar-refractivity contribution >= 4 is 198 Å². The molecule has 7 saturated heterocycles. The van der Waals surface area contributed by atoms with Crippen LogP contribution in [0, 0.1) is 20.8 Å². The van der Waals surface area contributed by atoms with Gasteiger partial charge in [0.15, 0.2) is 52.1 Å². The highest BCUT2D eigenvalue weighted by Crippen LogP contribution is 2.57. The van der Waals surface area contributed by atoms with E-state index in [4.69, 9.17) is 203 Å². The van der Waals surface area contributed by atoms with E-state index in [-0.39, 0.29) is 99.4 Å². The number of fused-ring (bicyclic) bond motifs is 4. The molecule has 0 amide bonds. The van der Waals surface area contributed by atoms with Crippen LogP contribution < -0.4 is 97.2 Å². The van der Waals surface area contributed by atoms with E-state index in [1.807, 2.05) is 0 Å². The van der Waals surface area contributed by atoms with Crippen molar-refractivity contribution in [3.63, 3.8) is 0 Å². The number of aromatic amines is 5. The van der Waals surface area contributed by atoms with E-state index in [0.29, 0.717) is 17.6 Å². The molecule has 11 aromatic rings. The van der Waals surface area contributed by atoms with E-state index in [2.05, 4.69) is 74.8 Å². The lowest BCUT2D eigenvalue weighted by molar-refractivity contribution is -0.221. The number of ether oxygens (including phenoxy) is 7. The average molecular weight is 2330 g/mol. The average Bonchev–Trinajstić information content (AvgIpc) is 1.65. The molecular formula is C72H86N26O36P7S7-7. The standard InChI is InChI=1S/C72H93N26O36P7S7/c1-6-32-33(7-49(121-32)95-25-81-53-57(73)77-23-79-59(53)95)129-136(108,143)115-18-41-35(8-46(122-41)92-14-29(2)63(99)89-70(92)104)131-138(110,145)117-19-42-37(10-48(123-42)94-16-31(4)65(101)91-72(94)106)132-139(111,146)119-21-44-38(12-50(125-44)96-26-82-54-58(74)78-24-80-60(54)96)133-141(113,148)120-22-45-39(13-52(127-45)98-28-84-56-62(98)86-69(76)88-67(56)103)134-140(112,147)118-20-43-36(9-47(124-43)93-15-30(3)64(100)90-71(93)105)130-137(109,144)116-17-40-34(128-135(107,142)114-5)11-51(126-40)97-27-83-55-61(97)85-68(75)87-66(55)102/h14-16,23-28,32-52H,6-13,17-22H2,1-5H3,(H,107,142)(H,108,143)(H,109,144)(H,110,145)(H,111,146)(H,112,147)(H,113,148)(H2,73,77,79)(H2,74,78,80)(H,89,99,104)(H,90,100,105)(H,91,101,106)(H3,75,85,87,102)(H3,76,86,88,103)/p-7/t32-,33?,34?,35?,36?,37?,38?,39?,40-,41-,42-,43-,44-,45-,46-,47-,48-,49-,50-,51-,52-,135?,136?,137?,138?,139?,140?,141?/m1/s1. The molecule has 7 aliphatic rings. The van der Waals surface area contributed by atoms with Gasteiger partial charge in [0.25, 0.3) is 27.8 Å². The summed E-state index contributed by atoms with van der Waals surface area (Å²) in [5.74, 6) is -0.577. The Morgan fingerprint density at radius 1 is 0.351 bits per heavy atom. The van der Waals surface area contributed by atoms with Crippen molar-refractivity contribution in [2.45, 2.75) is 208 Å². The Morgan fingerprint density at radius 2 is 0.601 bits per heavy atom. The second-order valence-corrected chi connectivity index (χ2v) is 53.3. The number of rotatable bonds is 41. The normalized spacial score (nSPS) is 29.3. The van der Waals surface area contributed by atoms with E-state index >= 15 is 9.79 Å². The van der Waals surface area contributed by atoms with Crippen LogP contribution in [0.3, 0.4) is 0 Å². The number of imidazole rings is 4. The molecule has 0 aromatic carbocycles. The number of hydrogen-bond donors (Lipinski definition) is 9. The number of nitrogens with zero attached hydrogens (tertiary/aromatic N) is 17. The van der Waals surface area contributed by atoms with Crippen LogP contribution >= 0.6 is 47.1 Å². The molecule has 0 radical (unpaired) electrons. The molecule has 76 heteroatoms. The number of nitrogens with one attached hydrogen (secondary N) is 5. The predicted octanol–water partition coefficient (Wildman–Crippen LogP) is -3.13.